The van der Waals surface area contributed by atoms with E-state index in [9.17, 15) is 9.90 Å². The average Bonchev–Trinajstić information content (AvgIpc) is 2.77. The molecule has 3 rings (SSSR count). The second kappa shape index (κ2) is 4.90. The number of hydrogen-bond acceptors (Lipinski definition) is 2. The first kappa shape index (κ1) is 13.6. The average molecular weight is 301 g/mol. The van der Waals surface area contributed by atoms with Crippen molar-refractivity contribution in [3.63, 3.8) is 0 Å². The molecule has 5 heteroatoms. The number of nitrogens with zero attached hydrogens (tertiary/aromatic N) is 2. The summed E-state index contributed by atoms with van der Waals surface area (Å²) in [6.45, 7) is 3.80. The third-order valence-electron chi connectivity index (χ3n) is 3.42. The number of carbonyl (C=O) groups is 1. The summed E-state index contributed by atoms with van der Waals surface area (Å²) in [6.07, 6.45) is 0. The number of imidazole rings is 1. The molecule has 0 fully saturated rings. The molecular formula is C16H13ClN2O2. The van der Waals surface area contributed by atoms with Crippen LogP contribution >= 0.6 is 11.6 Å². The predicted molar refractivity (Wildman–Crippen MR) is 82.5 cm³/mol. The SMILES string of the molecule is Cc1ccc(Cl)c(-n2c(C)nc3cccc(C(=O)O)c32)c1. The number of hydrogen-bond donors (Lipinski definition) is 1. The third-order valence-corrected chi connectivity index (χ3v) is 3.74. The normalized spacial score (nSPS) is 11.0. The Morgan fingerprint density at radius 2 is 2.00 bits per heavy atom. The molecule has 0 radical (unpaired) electrons. The highest BCUT2D eigenvalue weighted by atomic mass is 35.5. The molecule has 21 heavy (non-hydrogen) atoms. The summed E-state index contributed by atoms with van der Waals surface area (Å²) >= 11 is 6.30. The van der Waals surface area contributed by atoms with Crippen molar-refractivity contribution in [2.24, 2.45) is 0 Å². The van der Waals surface area contributed by atoms with Gasteiger partial charge in [-0.15, -0.1) is 0 Å². The van der Waals surface area contributed by atoms with E-state index in [4.69, 9.17) is 11.6 Å². The van der Waals surface area contributed by atoms with Crippen molar-refractivity contribution >= 4 is 28.6 Å². The Balaban J connectivity index is 2.44. The highest BCUT2D eigenvalue weighted by Gasteiger charge is 2.18. The summed E-state index contributed by atoms with van der Waals surface area (Å²) < 4.78 is 1.80. The molecule has 0 spiro atoms. The zero-order valence-electron chi connectivity index (χ0n) is 11.6. The minimum atomic E-state index is -0.981. The maximum absolute atomic E-state index is 11.5. The number of aromatic carboxylic acids is 1. The lowest BCUT2D eigenvalue weighted by molar-refractivity contribution is 0.0698. The van der Waals surface area contributed by atoms with E-state index in [2.05, 4.69) is 4.98 Å². The van der Waals surface area contributed by atoms with Crippen LogP contribution in [0.4, 0.5) is 0 Å². The number of fused-ring (bicyclic) bond motifs is 1. The zero-order valence-corrected chi connectivity index (χ0v) is 12.3. The van der Waals surface area contributed by atoms with Crippen LogP contribution in [0.5, 0.6) is 0 Å². The first-order valence-corrected chi connectivity index (χ1v) is 6.84. The molecular weight excluding hydrogens is 288 g/mol. The van der Waals surface area contributed by atoms with Crippen LogP contribution in [0.3, 0.4) is 0 Å². The summed E-state index contributed by atoms with van der Waals surface area (Å²) in [5.41, 5.74) is 3.21. The van der Waals surface area contributed by atoms with Crippen molar-refractivity contribution in [2.45, 2.75) is 13.8 Å². The topological polar surface area (TPSA) is 55.1 Å². The van der Waals surface area contributed by atoms with E-state index < -0.39 is 5.97 Å². The summed E-state index contributed by atoms with van der Waals surface area (Å²) in [6, 6.07) is 10.7. The van der Waals surface area contributed by atoms with Gasteiger partial charge in [-0.2, -0.15) is 0 Å². The van der Waals surface area contributed by atoms with Crippen LogP contribution in [-0.4, -0.2) is 20.6 Å². The van der Waals surface area contributed by atoms with Gasteiger partial charge in [0.1, 0.15) is 5.82 Å². The van der Waals surface area contributed by atoms with Crippen molar-refractivity contribution in [2.75, 3.05) is 0 Å². The minimum absolute atomic E-state index is 0.214. The van der Waals surface area contributed by atoms with Gasteiger partial charge in [0.05, 0.1) is 27.3 Å². The second-order valence-electron chi connectivity index (χ2n) is 4.93. The van der Waals surface area contributed by atoms with Crippen molar-refractivity contribution < 1.29 is 9.90 Å². The maximum atomic E-state index is 11.5. The molecule has 106 valence electrons. The lowest BCUT2D eigenvalue weighted by atomic mass is 10.1. The molecule has 0 saturated carbocycles. The van der Waals surface area contributed by atoms with Crippen LogP contribution in [0.25, 0.3) is 16.7 Å². The first-order valence-electron chi connectivity index (χ1n) is 6.47. The first-order chi connectivity index (χ1) is 9.99. The number of carboxylic acid groups (broad SMARTS) is 1. The van der Waals surface area contributed by atoms with Gasteiger partial charge in [0.15, 0.2) is 0 Å². The number of rotatable bonds is 2. The fourth-order valence-corrected chi connectivity index (χ4v) is 2.71. The summed E-state index contributed by atoms with van der Waals surface area (Å²) in [5, 5.41) is 9.97. The van der Waals surface area contributed by atoms with Crippen LogP contribution in [0.1, 0.15) is 21.7 Å². The number of aryl methyl sites for hydroxylation is 2. The summed E-state index contributed by atoms with van der Waals surface area (Å²) in [7, 11) is 0. The van der Waals surface area contributed by atoms with Crippen LogP contribution in [0.2, 0.25) is 5.02 Å². The quantitative estimate of drug-likeness (QED) is 0.778. The van der Waals surface area contributed by atoms with E-state index >= 15 is 0 Å². The van der Waals surface area contributed by atoms with Crippen molar-refractivity contribution in [3.05, 3.63) is 58.4 Å². The highest BCUT2D eigenvalue weighted by Crippen LogP contribution is 2.29. The van der Waals surface area contributed by atoms with Gasteiger partial charge in [-0.3, -0.25) is 4.57 Å². The molecule has 0 aliphatic heterocycles. The molecule has 1 N–H and O–H groups in total. The van der Waals surface area contributed by atoms with Crippen LogP contribution < -0.4 is 0 Å². The van der Waals surface area contributed by atoms with E-state index in [1.54, 1.807) is 28.8 Å². The standard InChI is InChI=1S/C16H13ClN2O2/c1-9-6-7-12(17)14(8-9)19-10(2)18-13-5-3-4-11(15(13)19)16(20)21/h3-8H,1-2H3,(H,20,21). The molecule has 1 heterocycles. The van der Waals surface area contributed by atoms with Crippen LogP contribution in [0.15, 0.2) is 36.4 Å². The van der Waals surface area contributed by atoms with E-state index in [1.807, 2.05) is 26.0 Å². The maximum Gasteiger partial charge on any atom is 0.337 e. The van der Waals surface area contributed by atoms with Crippen molar-refractivity contribution in [1.29, 1.82) is 0 Å². The lowest BCUT2D eigenvalue weighted by Gasteiger charge is -2.11. The smallest absolute Gasteiger partial charge is 0.337 e. The molecule has 0 aliphatic carbocycles. The highest BCUT2D eigenvalue weighted by molar-refractivity contribution is 6.32. The Bertz CT molecular complexity index is 868. The van der Waals surface area contributed by atoms with Crippen LogP contribution in [-0.2, 0) is 0 Å². The number of halogens is 1. The fraction of sp³-hybridized carbons (Fsp3) is 0.125. The third kappa shape index (κ3) is 2.17. The van der Waals surface area contributed by atoms with Crippen molar-refractivity contribution in [3.8, 4) is 5.69 Å². The van der Waals surface area contributed by atoms with E-state index in [1.165, 1.54) is 0 Å². The lowest BCUT2D eigenvalue weighted by Crippen LogP contribution is -2.04. The fourth-order valence-electron chi connectivity index (χ4n) is 2.50. The molecule has 2 aromatic carbocycles. The van der Waals surface area contributed by atoms with Gasteiger partial charge in [-0.25, -0.2) is 9.78 Å². The van der Waals surface area contributed by atoms with Gasteiger partial charge in [0, 0.05) is 0 Å². The molecule has 0 amide bonds. The Labute approximate surface area is 126 Å². The molecule has 0 aliphatic rings. The Kier molecular flexibility index (Phi) is 3.18. The monoisotopic (exact) mass is 300 g/mol. The second-order valence-corrected chi connectivity index (χ2v) is 5.33. The van der Waals surface area contributed by atoms with Crippen LogP contribution in [0, 0.1) is 13.8 Å². The predicted octanol–water partition coefficient (Wildman–Crippen LogP) is 3.99. The number of carboxylic acids is 1. The number of aromatic nitrogens is 2. The summed E-state index contributed by atoms with van der Waals surface area (Å²) in [5.74, 6) is -0.281. The van der Waals surface area contributed by atoms with Crippen molar-refractivity contribution in [1.82, 2.24) is 9.55 Å². The largest absolute Gasteiger partial charge is 0.478 e. The number of para-hydroxylation sites is 1. The van der Waals surface area contributed by atoms with Gasteiger partial charge in [0.25, 0.3) is 0 Å². The van der Waals surface area contributed by atoms with Gasteiger partial charge in [-0.1, -0.05) is 23.7 Å². The molecule has 0 bridgehead atoms. The summed E-state index contributed by atoms with van der Waals surface area (Å²) in [4.78, 5) is 15.9. The molecule has 0 unspecified atom stereocenters. The Hall–Kier alpha value is -2.33. The molecule has 4 nitrogen and oxygen atoms in total. The van der Waals surface area contributed by atoms with Gasteiger partial charge < -0.3 is 5.11 Å². The Morgan fingerprint density at radius 1 is 1.24 bits per heavy atom. The van der Waals surface area contributed by atoms with Gasteiger partial charge in [-0.05, 0) is 43.7 Å². The minimum Gasteiger partial charge on any atom is -0.478 e. The number of benzene rings is 2. The molecule has 1 aromatic heterocycles. The van der Waals surface area contributed by atoms with E-state index in [0.717, 1.165) is 11.3 Å². The molecule has 0 atom stereocenters. The van der Waals surface area contributed by atoms with E-state index in [0.29, 0.717) is 21.9 Å². The zero-order chi connectivity index (χ0) is 15.1. The molecule has 3 aromatic rings. The van der Waals surface area contributed by atoms with Gasteiger partial charge in [0.2, 0.25) is 0 Å². The molecule has 0 saturated heterocycles. The Morgan fingerprint density at radius 3 is 2.71 bits per heavy atom. The van der Waals surface area contributed by atoms with Gasteiger partial charge >= 0.3 is 5.97 Å². The van der Waals surface area contributed by atoms with E-state index in [-0.39, 0.29) is 5.56 Å².